The van der Waals surface area contributed by atoms with Crippen LogP contribution in [0.25, 0.3) is 21.8 Å². The number of nitrogens with two attached hydrogens (primary N) is 1. The molecule has 0 aliphatic heterocycles. The van der Waals surface area contributed by atoms with Gasteiger partial charge in [-0.25, -0.2) is 4.79 Å². The maximum Gasteiger partial charge on any atom is 0.326 e. The summed E-state index contributed by atoms with van der Waals surface area (Å²) in [7, 11) is 0. The Kier molecular flexibility index (Phi) is 11.1. The third-order valence-electron chi connectivity index (χ3n) is 7.66. The molecule has 2 aromatic heterocycles. The molecule has 11 nitrogen and oxygen atoms in total. The van der Waals surface area contributed by atoms with Crippen molar-refractivity contribution in [2.24, 2.45) is 11.7 Å². The predicted molar refractivity (Wildman–Crippen MR) is 173 cm³/mol. The van der Waals surface area contributed by atoms with Gasteiger partial charge in [-0.2, -0.15) is 11.8 Å². The maximum absolute atomic E-state index is 13.8. The molecule has 4 unspecified atom stereocenters. The molecule has 0 fully saturated rings. The average molecular weight is 621 g/mol. The summed E-state index contributed by atoms with van der Waals surface area (Å²) < 4.78 is 0. The second-order valence-electron chi connectivity index (χ2n) is 11.2. The number of para-hydroxylation sites is 2. The Morgan fingerprint density at radius 1 is 0.795 bits per heavy atom. The van der Waals surface area contributed by atoms with Gasteiger partial charge >= 0.3 is 5.97 Å². The number of benzene rings is 2. The molecule has 3 amide bonds. The average Bonchev–Trinajstić information content (AvgIpc) is 3.61. The predicted octanol–water partition coefficient (Wildman–Crippen LogP) is 2.71. The summed E-state index contributed by atoms with van der Waals surface area (Å²) in [5.41, 5.74) is 9.86. The van der Waals surface area contributed by atoms with E-state index in [4.69, 9.17) is 5.73 Å². The van der Waals surface area contributed by atoms with E-state index in [0.29, 0.717) is 5.75 Å². The molecule has 0 aliphatic rings. The smallest absolute Gasteiger partial charge is 0.326 e. The zero-order chi connectivity index (χ0) is 31.8. The first-order valence-electron chi connectivity index (χ1n) is 14.6. The molecule has 12 heteroatoms. The largest absolute Gasteiger partial charge is 0.480 e. The Balaban J connectivity index is 1.55. The number of aromatic nitrogens is 2. The van der Waals surface area contributed by atoms with E-state index in [1.54, 1.807) is 20.0 Å². The molecule has 0 saturated heterocycles. The Morgan fingerprint density at radius 3 is 1.86 bits per heavy atom. The van der Waals surface area contributed by atoms with Gasteiger partial charge in [-0.3, -0.25) is 14.4 Å². The van der Waals surface area contributed by atoms with E-state index in [2.05, 4.69) is 25.9 Å². The SMILES string of the molecule is CSCCC(NC(=O)C(Cc1c[nH]c2ccccc12)NC(=O)C(N)Cc1c[nH]c2ccccc12)C(=O)NC(C(=O)O)C(C)C. The summed E-state index contributed by atoms with van der Waals surface area (Å²) in [5, 5.41) is 19.6. The van der Waals surface area contributed by atoms with Gasteiger partial charge in [0.05, 0.1) is 6.04 Å². The highest BCUT2D eigenvalue weighted by Gasteiger charge is 2.32. The molecule has 44 heavy (non-hydrogen) atoms. The number of carbonyl (C=O) groups excluding carboxylic acids is 3. The summed E-state index contributed by atoms with van der Waals surface area (Å²) in [6.07, 6.45) is 6.16. The minimum atomic E-state index is -1.16. The molecule has 0 aliphatic carbocycles. The van der Waals surface area contributed by atoms with Crippen LogP contribution in [-0.2, 0) is 32.0 Å². The lowest BCUT2D eigenvalue weighted by Crippen LogP contribution is -2.58. The molecule has 0 spiro atoms. The number of aromatic amines is 2. The molecular formula is C32H40N6O5S. The molecule has 2 heterocycles. The fourth-order valence-electron chi connectivity index (χ4n) is 5.18. The van der Waals surface area contributed by atoms with Gasteiger partial charge in [-0.05, 0) is 54.0 Å². The molecule has 2 aromatic carbocycles. The quantitative estimate of drug-likeness (QED) is 0.107. The highest BCUT2D eigenvalue weighted by atomic mass is 32.2. The molecule has 4 atom stereocenters. The Labute approximate surface area is 260 Å². The van der Waals surface area contributed by atoms with Gasteiger partial charge in [-0.1, -0.05) is 50.2 Å². The number of nitrogens with one attached hydrogen (secondary N) is 5. The number of carboxylic acid groups (broad SMARTS) is 1. The van der Waals surface area contributed by atoms with Crippen molar-refractivity contribution in [1.29, 1.82) is 0 Å². The Hall–Kier alpha value is -4.29. The first-order valence-corrected chi connectivity index (χ1v) is 16.0. The van der Waals surface area contributed by atoms with Crippen molar-refractivity contribution in [3.8, 4) is 0 Å². The standard InChI is InChI=1S/C32H40N6O5S/c1-18(2)28(32(42)43)38-30(40)26(12-13-44-3)36-31(41)27(15-20-17-35-25-11-7-5-9-22(20)25)37-29(39)23(33)14-19-16-34-24-10-6-4-8-21(19)24/h4-11,16-18,23,26-28,34-35H,12-15,33H2,1-3H3,(H,36,41)(H,37,39)(H,38,40)(H,42,43). The summed E-state index contributed by atoms with van der Waals surface area (Å²) in [5.74, 6) is -2.64. The molecule has 0 radical (unpaired) electrons. The van der Waals surface area contributed by atoms with Crippen molar-refractivity contribution in [1.82, 2.24) is 25.9 Å². The normalized spacial score (nSPS) is 14.2. The molecule has 4 rings (SSSR count). The van der Waals surface area contributed by atoms with Crippen LogP contribution in [0.15, 0.2) is 60.9 Å². The van der Waals surface area contributed by atoms with E-state index in [1.807, 2.05) is 61.0 Å². The Morgan fingerprint density at radius 2 is 1.32 bits per heavy atom. The fraction of sp³-hybridized carbons (Fsp3) is 0.375. The minimum absolute atomic E-state index is 0.141. The molecule has 4 aromatic rings. The zero-order valence-corrected chi connectivity index (χ0v) is 25.9. The lowest BCUT2D eigenvalue weighted by molar-refractivity contribution is -0.143. The van der Waals surface area contributed by atoms with Gasteiger partial charge in [0.2, 0.25) is 17.7 Å². The second-order valence-corrected chi connectivity index (χ2v) is 12.2. The zero-order valence-electron chi connectivity index (χ0n) is 25.1. The lowest BCUT2D eigenvalue weighted by Gasteiger charge is -2.26. The van der Waals surface area contributed by atoms with Crippen LogP contribution in [0.5, 0.6) is 0 Å². The van der Waals surface area contributed by atoms with Gasteiger partial charge in [0.25, 0.3) is 0 Å². The number of fused-ring (bicyclic) bond motifs is 2. The summed E-state index contributed by atoms with van der Waals surface area (Å²) in [4.78, 5) is 58.5. The van der Waals surface area contributed by atoms with E-state index < -0.39 is 47.9 Å². The van der Waals surface area contributed by atoms with Gasteiger partial charge < -0.3 is 36.8 Å². The number of amides is 3. The van der Waals surface area contributed by atoms with Crippen LogP contribution >= 0.6 is 11.8 Å². The number of rotatable bonds is 15. The highest BCUT2D eigenvalue weighted by molar-refractivity contribution is 7.98. The van der Waals surface area contributed by atoms with Crippen LogP contribution in [0.1, 0.15) is 31.4 Å². The molecular weight excluding hydrogens is 580 g/mol. The van der Waals surface area contributed by atoms with E-state index in [-0.39, 0.29) is 25.2 Å². The van der Waals surface area contributed by atoms with Gasteiger partial charge in [0.15, 0.2) is 0 Å². The van der Waals surface area contributed by atoms with Crippen molar-refractivity contribution >= 4 is 57.3 Å². The minimum Gasteiger partial charge on any atom is -0.480 e. The number of H-pyrrole nitrogens is 2. The number of carboxylic acids is 1. The monoisotopic (exact) mass is 620 g/mol. The van der Waals surface area contributed by atoms with E-state index in [0.717, 1.165) is 32.9 Å². The molecule has 8 N–H and O–H groups in total. The number of hydrogen-bond donors (Lipinski definition) is 7. The van der Waals surface area contributed by atoms with Crippen LogP contribution in [-0.4, -0.2) is 74.9 Å². The van der Waals surface area contributed by atoms with Gasteiger partial charge in [-0.15, -0.1) is 0 Å². The van der Waals surface area contributed by atoms with Gasteiger partial charge in [0, 0.05) is 40.6 Å². The van der Waals surface area contributed by atoms with Crippen molar-refractivity contribution in [3.63, 3.8) is 0 Å². The maximum atomic E-state index is 13.8. The van der Waals surface area contributed by atoms with Crippen LogP contribution < -0.4 is 21.7 Å². The third kappa shape index (κ3) is 8.00. The first-order chi connectivity index (χ1) is 21.1. The van der Waals surface area contributed by atoms with Crippen molar-refractivity contribution in [2.75, 3.05) is 12.0 Å². The number of hydrogen-bond acceptors (Lipinski definition) is 6. The second kappa shape index (κ2) is 14.9. The first kappa shape index (κ1) is 32.6. The fourth-order valence-corrected chi connectivity index (χ4v) is 5.65. The van der Waals surface area contributed by atoms with Gasteiger partial charge in [0.1, 0.15) is 18.1 Å². The third-order valence-corrected chi connectivity index (χ3v) is 8.30. The van der Waals surface area contributed by atoms with Crippen molar-refractivity contribution < 1.29 is 24.3 Å². The highest BCUT2D eigenvalue weighted by Crippen LogP contribution is 2.21. The lowest BCUT2D eigenvalue weighted by atomic mass is 10.0. The van der Waals surface area contributed by atoms with Crippen molar-refractivity contribution in [3.05, 3.63) is 72.1 Å². The summed E-state index contributed by atoms with van der Waals surface area (Å²) >= 11 is 1.50. The molecule has 0 bridgehead atoms. The Bertz CT molecular complexity index is 1610. The van der Waals surface area contributed by atoms with Crippen LogP contribution in [0.2, 0.25) is 0 Å². The number of carbonyl (C=O) groups is 4. The molecule has 0 saturated carbocycles. The van der Waals surface area contributed by atoms with Crippen LogP contribution in [0, 0.1) is 5.92 Å². The van der Waals surface area contributed by atoms with Crippen LogP contribution in [0.4, 0.5) is 0 Å². The van der Waals surface area contributed by atoms with Crippen molar-refractivity contribution in [2.45, 2.75) is 57.3 Å². The summed E-state index contributed by atoms with van der Waals surface area (Å²) in [6, 6.07) is 11.2. The van der Waals surface area contributed by atoms with E-state index in [9.17, 15) is 24.3 Å². The van der Waals surface area contributed by atoms with E-state index in [1.165, 1.54) is 11.8 Å². The van der Waals surface area contributed by atoms with Crippen LogP contribution in [0.3, 0.4) is 0 Å². The van der Waals surface area contributed by atoms with E-state index >= 15 is 0 Å². The topological polar surface area (TPSA) is 182 Å². The summed E-state index contributed by atoms with van der Waals surface area (Å²) in [6.45, 7) is 3.39. The number of aliphatic carboxylic acids is 1. The number of thioether (sulfide) groups is 1. The molecule has 234 valence electrons.